The number of hydrogen-bond acceptors (Lipinski definition) is 5. The molecule has 0 spiro atoms. The van der Waals surface area contributed by atoms with E-state index in [1.54, 1.807) is 17.5 Å². The van der Waals surface area contributed by atoms with Gasteiger partial charge in [0.1, 0.15) is 11.5 Å². The maximum atomic E-state index is 12.0. The van der Waals surface area contributed by atoms with Crippen molar-refractivity contribution < 1.29 is 4.79 Å². The van der Waals surface area contributed by atoms with E-state index in [1.807, 2.05) is 24.4 Å². The summed E-state index contributed by atoms with van der Waals surface area (Å²) in [5, 5.41) is 8.02. The van der Waals surface area contributed by atoms with Gasteiger partial charge in [0.05, 0.1) is 18.4 Å². The Hall–Kier alpha value is -1.95. The predicted octanol–water partition coefficient (Wildman–Crippen LogP) is 2.85. The molecule has 0 saturated carbocycles. The molecule has 2 aromatic rings. The third kappa shape index (κ3) is 3.77. The van der Waals surface area contributed by atoms with Crippen LogP contribution in [0.1, 0.15) is 41.7 Å². The summed E-state index contributed by atoms with van der Waals surface area (Å²) in [7, 11) is 0. The Morgan fingerprint density at radius 3 is 2.85 bits per heavy atom. The highest BCUT2D eigenvalue weighted by atomic mass is 32.1. The van der Waals surface area contributed by atoms with Crippen molar-refractivity contribution in [1.29, 1.82) is 0 Å². The lowest BCUT2D eigenvalue weighted by molar-refractivity contribution is 0.0935. The standard InChI is InChI=1S/C14H18N4OS/c1-3-6-15-13-9-16-11(8-17-13)14(19)18-10(2)12-5-4-7-20-12/h4-5,7-10H,3,6H2,1-2H3,(H,15,17)(H,18,19). The molecule has 0 aliphatic rings. The normalized spacial score (nSPS) is 11.9. The average molecular weight is 290 g/mol. The number of thiophene rings is 1. The first-order valence-corrected chi connectivity index (χ1v) is 7.49. The summed E-state index contributed by atoms with van der Waals surface area (Å²) in [6, 6.07) is 3.94. The lowest BCUT2D eigenvalue weighted by Gasteiger charge is -2.11. The van der Waals surface area contributed by atoms with Gasteiger partial charge in [0.15, 0.2) is 0 Å². The number of carbonyl (C=O) groups excluding carboxylic acids is 1. The molecule has 2 heterocycles. The first-order chi connectivity index (χ1) is 9.70. The molecule has 0 aliphatic heterocycles. The molecule has 0 saturated heterocycles. The van der Waals surface area contributed by atoms with E-state index in [2.05, 4.69) is 27.5 Å². The minimum Gasteiger partial charge on any atom is -0.369 e. The minimum absolute atomic E-state index is 0.0257. The van der Waals surface area contributed by atoms with Crippen LogP contribution in [0, 0.1) is 0 Å². The number of nitrogens with one attached hydrogen (secondary N) is 2. The maximum absolute atomic E-state index is 12.0. The topological polar surface area (TPSA) is 66.9 Å². The van der Waals surface area contributed by atoms with Gasteiger partial charge in [-0.25, -0.2) is 9.97 Å². The van der Waals surface area contributed by atoms with E-state index in [-0.39, 0.29) is 11.9 Å². The molecule has 0 fully saturated rings. The molecule has 0 aromatic carbocycles. The van der Waals surface area contributed by atoms with Crippen molar-refractivity contribution in [2.45, 2.75) is 26.3 Å². The van der Waals surface area contributed by atoms with Crippen LogP contribution in [0.3, 0.4) is 0 Å². The molecule has 1 atom stereocenters. The first kappa shape index (κ1) is 14.5. The van der Waals surface area contributed by atoms with Crippen LogP contribution < -0.4 is 10.6 Å². The van der Waals surface area contributed by atoms with E-state index in [4.69, 9.17) is 0 Å². The summed E-state index contributed by atoms with van der Waals surface area (Å²) in [6.07, 6.45) is 4.09. The van der Waals surface area contributed by atoms with Crippen molar-refractivity contribution in [3.05, 3.63) is 40.5 Å². The lowest BCUT2D eigenvalue weighted by atomic mass is 10.2. The van der Waals surface area contributed by atoms with Gasteiger partial charge in [-0.3, -0.25) is 4.79 Å². The van der Waals surface area contributed by atoms with Gasteiger partial charge in [-0.15, -0.1) is 11.3 Å². The van der Waals surface area contributed by atoms with Crippen molar-refractivity contribution in [2.24, 2.45) is 0 Å². The highest BCUT2D eigenvalue weighted by molar-refractivity contribution is 7.10. The van der Waals surface area contributed by atoms with Gasteiger partial charge in [-0.2, -0.15) is 0 Å². The molecule has 1 amide bonds. The summed E-state index contributed by atoms with van der Waals surface area (Å²) < 4.78 is 0. The van der Waals surface area contributed by atoms with Crippen LogP contribution in [0.4, 0.5) is 5.82 Å². The van der Waals surface area contributed by atoms with Crippen molar-refractivity contribution in [3.63, 3.8) is 0 Å². The van der Waals surface area contributed by atoms with E-state index in [9.17, 15) is 4.79 Å². The maximum Gasteiger partial charge on any atom is 0.271 e. The molecule has 0 aliphatic carbocycles. The lowest BCUT2D eigenvalue weighted by Crippen LogP contribution is -2.27. The third-order valence-electron chi connectivity index (χ3n) is 2.76. The van der Waals surface area contributed by atoms with Crippen LogP contribution in [-0.2, 0) is 0 Å². The molecule has 0 bridgehead atoms. The number of aromatic nitrogens is 2. The van der Waals surface area contributed by atoms with Crippen LogP contribution >= 0.6 is 11.3 Å². The number of carbonyl (C=O) groups is 1. The van der Waals surface area contributed by atoms with Crippen LogP contribution in [0.5, 0.6) is 0 Å². The SMILES string of the molecule is CCCNc1cnc(C(=O)NC(C)c2cccs2)cn1. The van der Waals surface area contributed by atoms with Crippen LogP contribution in [0.2, 0.25) is 0 Å². The van der Waals surface area contributed by atoms with Crippen LogP contribution in [-0.4, -0.2) is 22.4 Å². The number of amides is 1. The van der Waals surface area contributed by atoms with Crippen molar-refractivity contribution in [1.82, 2.24) is 15.3 Å². The highest BCUT2D eigenvalue weighted by Crippen LogP contribution is 2.18. The predicted molar refractivity (Wildman–Crippen MR) is 81.0 cm³/mol. The Morgan fingerprint density at radius 2 is 2.25 bits per heavy atom. The number of rotatable bonds is 6. The quantitative estimate of drug-likeness (QED) is 0.858. The van der Waals surface area contributed by atoms with Crippen molar-refractivity contribution in [3.8, 4) is 0 Å². The average Bonchev–Trinajstić information content (AvgIpc) is 3.00. The Kier molecular flexibility index (Phi) is 5.06. The number of hydrogen-bond donors (Lipinski definition) is 2. The second-order valence-corrected chi connectivity index (χ2v) is 5.40. The molecule has 106 valence electrons. The van der Waals surface area contributed by atoms with E-state index < -0.39 is 0 Å². The monoisotopic (exact) mass is 290 g/mol. The second kappa shape index (κ2) is 7.00. The highest BCUT2D eigenvalue weighted by Gasteiger charge is 2.13. The zero-order chi connectivity index (χ0) is 14.4. The van der Waals surface area contributed by atoms with Gasteiger partial charge >= 0.3 is 0 Å². The van der Waals surface area contributed by atoms with E-state index >= 15 is 0 Å². The van der Waals surface area contributed by atoms with Gasteiger partial charge < -0.3 is 10.6 Å². The number of nitrogens with zero attached hydrogens (tertiary/aromatic N) is 2. The molecule has 6 heteroatoms. The molecular formula is C14H18N4OS. The fourth-order valence-corrected chi connectivity index (χ4v) is 2.40. The molecule has 0 radical (unpaired) electrons. The smallest absolute Gasteiger partial charge is 0.271 e. The fourth-order valence-electron chi connectivity index (χ4n) is 1.67. The Labute approximate surface area is 122 Å². The van der Waals surface area contributed by atoms with E-state index in [0.717, 1.165) is 17.8 Å². The zero-order valence-electron chi connectivity index (χ0n) is 11.6. The zero-order valence-corrected chi connectivity index (χ0v) is 12.4. The van der Waals surface area contributed by atoms with Crippen LogP contribution in [0.25, 0.3) is 0 Å². The second-order valence-electron chi connectivity index (χ2n) is 4.42. The molecule has 1 unspecified atom stereocenters. The summed E-state index contributed by atoms with van der Waals surface area (Å²) in [4.78, 5) is 21.5. The third-order valence-corrected chi connectivity index (χ3v) is 3.81. The molecular weight excluding hydrogens is 272 g/mol. The molecule has 5 nitrogen and oxygen atoms in total. The molecule has 2 rings (SSSR count). The van der Waals surface area contributed by atoms with Crippen LogP contribution in [0.15, 0.2) is 29.9 Å². The van der Waals surface area contributed by atoms with E-state index in [1.165, 1.54) is 6.20 Å². The van der Waals surface area contributed by atoms with Gasteiger partial charge in [0.2, 0.25) is 0 Å². The summed E-state index contributed by atoms with van der Waals surface area (Å²) >= 11 is 1.62. The first-order valence-electron chi connectivity index (χ1n) is 6.61. The Morgan fingerprint density at radius 1 is 1.40 bits per heavy atom. The summed E-state index contributed by atoms with van der Waals surface area (Å²) in [5.41, 5.74) is 0.329. The van der Waals surface area contributed by atoms with Gasteiger partial charge in [-0.05, 0) is 24.8 Å². The summed E-state index contributed by atoms with van der Waals surface area (Å²) in [6.45, 7) is 4.87. The summed E-state index contributed by atoms with van der Waals surface area (Å²) in [5.74, 6) is 0.482. The van der Waals surface area contributed by atoms with Crippen molar-refractivity contribution >= 4 is 23.1 Å². The van der Waals surface area contributed by atoms with Gasteiger partial charge in [-0.1, -0.05) is 13.0 Å². The van der Waals surface area contributed by atoms with E-state index in [0.29, 0.717) is 11.5 Å². The fraction of sp³-hybridized carbons (Fsp3) is 0.357. The largest absolute Gasteiger partial charge is 0.369 e. The molecule has 2 N–H and O–H groups in total. The minimum atomic E-state index is -0.208. The molecule has 2 aromatic heterocycles. The number of anilines is 1. The van der Waals surface area contributed by atoms with Crippen molar-refractivity contribution in [2.75, 3.05) is 11.9 Å². The Bertz CT molecular complexity index is 539. The Balaban J connectivity index is 1.95. The molecule has 20 heavy (non-hydrogen) atoms. The van der Waals surface area contributed by atoms with Gasteiger partial charge in [0, 0.05) is 11.4 Å². The van der Waals surface area contributed by atoms with Gasteiger partial charge in [0.25, 0.3) is 5.91 Å².